The highest BCUT2D eigenvalue weighted by atomic mass is 35.5. The zero-order valence-corrected chi connectivity index (χ0v) is 19.6. The van der Waals surface area contributed by atoms with E-state index in [-0.39, 0.29) is 16.2 Å². The molecule has 0 bridgehead atoms. The second kappa shape index (κ2) is 10.5. The molecule has 0 atom stereocenters. The normalized spacial score (nSPS) is 14.4. The molecule has 4 rings (SSSR count). The van der Waals surface area contributed by atoms with Crippen LogP contribution < -0.4 is 4.74 Å². The van der Waals surface area contributed by atoms with Crippen LogP contribution in [0.2, 0.25) is 5.02 Å². The van der Waals surface area contributed by atoms with E-state index in [1.807, 2.05) is 12.1 Å². The van der Waals surface area contributed by atoms with Gasteiger partial charge in [-0.2, -0.15) is 0 Å². The minimum atomic E-state index is -0.581. The summed E-state index contributed by atoms with van der Waals surface area (Å²) >= 11 is 6.63. The predicted molar refractivity (Wildman–Crippen MR) is 132 cm³/mol. The summed E-state index contributed by atoms with van der Waals surface area (Å²) in [6.07, 6.45) is 1.57. The van der Waals surface area contributed by atoms with Crippen LogP contribution in [0.15, 0.2) is 77.7 Å². The third kappa shape index (κ3) is 5.95. The van der Waals surface area contributed by atoms with E-state index in [4.69, 9.17) is 16.3 Å². The lowest BCUT2D eigenvalue weighted by Crippen LogP contribution is -2.33. The first-order valence-corrected chi connectivity index (χ1v) is 11.5. The number of benzene rings is 3. The van der Waals surface area contributed by atoms with Crippen molar-refractivity contribution < 1.29 is 24.0 Å². The number of ether oxygens (including phenoxy) is 1. The maximum absolute atomic E-state index is 12.8. The van der Waals surface area contributed by atoms with Gasteiger partial charge in [-0.05, 0) is 65.4 Å². The van der Waals surface area contributed by atoms with Crippen LogP contribution in [-0.4, -0.2) is 33.3 Å². The van der Waals surface area contributed by atoms with Crippen LogP contribution in [0, 0.1) is 10.1 Å². The SMILES string of the molecule is O=C(CN1C(=O)S/C(=C/c2cccc(OCc3ccc(Cl)cc3)c2)C1=O)c1ccc([N+](=O)[O-])cc1. The van der Waals surface area contributed by atoms with E-state index in [2.05, 4.69) is 0 Å². The number of ketones is 1. The van der Waals surface area contributed by atoms with Gasteiger partial charge in [0.15, 0.2) is 5.78 Å². The van der Waals surface area contributed by atoms with Crippen molar-refractivity contribution in [3.63, 3.8) is 0 Å². The minimum Gasteiger partial charge on any atom is -0.489 e. The molecule has 0 saturated carbocycles. The molecule has 3 aromatic rings. The van der Waals surface area contributed by atoms with Gasteiger partial charge in [-0.15, -0.1) is 0 Å². The van der Waals surface area contributed by atoms with E-state index >= 15 is 0 Å². The van der Waals surface area contributed by atoms with Crippen molar-refractivity contribution >= 4 is 52.1 Å². The maximum atomic E-state index is 12.8. The number of carbonyl (C=O) groups is 3. The molecule has 1 aliphatic rings. The second-order valence-corrected chi connectivity index (χ2v) is 8.91. The van der Waals surface area contributed by atoms with Crippen LogP contribution in [0.5, 0.6) is 5.75 Å². The Hall–Kier alpha value is -3.95. The summed E-state index contributed by atoms with van der Waals surface area (Å²) in [6.45, 7) is -0.119. The van der Waals surface area contributed by atoms with Crippen molar-refractivity contribution in [2.75, 3.05) is 6.54 Å². The Labute approximate surface area is 209 Å². The van der Waals surface area contributed by atoms with Crippen LogP contribution >= 0.6 is 23.4 Å². The van der Waals surface area contributed by atoms with Crippen molar-refractivity contribution in [1.82, 2.24) is 4.90 Å². The number of thioether (sulfide) groups is 1. The Kier molecular flexibility index (Phi) is 7.28. The van der Waals surface area contributed by atoms with Gasteiger partial charge in [0.05, 0.1) is 16.4 Å². The Bertz CT molecular complexity index is 1340. The van der Waals surface area contributed by atoms with Crippen LogP contribution in [0.3, 0.4) is 0 Å². The first-order chi connectivity index (χ1) is 16.8. The molecule has 1 fully saturated rings. The smallest absolute Gasteiger partial charge is 0.293 e. The third-order valence-corrected chi connectivity index (χ3v) is 6.21. The number of carbonyl (C=O) groups excluding carboxylic acids is 3. The minimum absolute atomic E-state index is 0.157. The highest BCUT2D eigenvalue weighted by Gasteiger charge is 2.36. The van der Waals surface area contributed by atoms with Crippen molar-refractivity contribution in [2.45, 2.75) is 6.61 Å². The fourth-order valence-corrected chi connectivity index (χ4v) is 4.20. The molecule has 0 aliphatic carbocycles. The van der Waals surface area contributed by atoms with E-state index in [1.54, 1.807) is 42.5 Å². The quantitative estimate of drug-likeness (QED) is 0.165. The highest BCUT2D eigenvalue weighted by molar-refractivity contribution is 8.18. The zero-order chi connectivity index (χ0) is 24.9. The Balaban J connectivity index is 1.42. The molecule has 10 heteroatoms. The maximum Gasteiger partial charge on any atom is 0.293 e. The lowest BCUT2D eigenvalue weighted by Gasteiger charge is -2.11. The number of halogens is 1. The number of amides is 2. The fraction of sp³-hybridized carbons (Fsp3) is 0.0800. The molecular formula is C25H17ClN2O6S. The van der Waals surface area contributed by atoms with Gasteiger partial charge < -0.3 is 4.74 Å². The second-order valence-electron chi connectivity index (χ2n) is 7.48. The Morgan fingerprint density at radius 3 is 2.46 bits per heavy atom. The van der Waals surface area contributed by atoms with Gasteiger partial charge in [0.25, 0.3) is 16.8 Å². The van der Waals surface area contributed by atoms with E-state index in [1.165, 1.54) is 24.3 Å². The topological polar surface area (TPSA) is 107 Å². The van der Waals surface area contributed by atoms with Crippen LogP contribution in [0.4, 0.5) is 10.5 Å². The van der Waals surface area contributed by atoms with Gasteiger partial charge >= 0.3 is 0 Å². The number of rotatable bonds is 8. The Morgan fingerprint density at radius 1 is 1.06 bits per heavy atom. The first kappa shape index (κ1) is 24.2. The van der Waals surface area contributed by atoms with Gasteiger partial charge in [-0.3, -0.25) is 29.4 Å². The largest absolute Gasteiger partial charge is 0.489 e. The Morgan fingerprint density at radius 2 is 1.77 bits per heavy atom. The van der Waals surface area contributed by atoms with E-state index in [9.17, 15) is 24.5 Å². The lowest BCUT2D eigenvalue weighted by atomic mass is 10.1. The summed E-state index contributed by atoms with van der Waals surface area (Å²) < 4.78 is 5.80. The number of imide groups is 1. The fourth-order valence-electron chi connectivity index (χ4n) is 3.23. The van der Waals surface area contributed by atoms with E-state index in [0.29, 0.717) is 22.9 Å². The van der Waals surface area contributed by atoms with Crippen LogP contribution in [0.1, 0.15) is 21.5 Å². The number of hydrogen-bond acceptors (Lipinski definition) is 7. The summed E-state index contributed by atoms with van der Waals surface area (Å²) in [6, 6.07) is 19.3. The van der Waals surface area contributed by atoms with Gasteiger partial charge in [-0.1, -0.05) is 35.9 Å². The van der Waals surface area contributed by atoms with Crippen LogP contribution in [-0.2, 0) is 11.4 Å². The molecule has 3 aromatic carbocycles. The molecular weight excluding hydrogens is 492 g/mol. The number of nitrogens with zero attached hydrogens (tertiary/aromatic N) is 2. The summed E-state index contributed by atoms with van der Waals surface area (Å²) in [5, 5.41) is 10.8. The summed E-state index contributed by atoms with van der Waals surface area (Å²) in [5.41, 5.74) is 1.61. The average molecular weight is 509 g/mol. The monoisotopic (exact) mass is 508 g/mol. The standard InChI is InChI=1S/C25H17ClN2O6S/c26-19-8-4-16(5-9-19)15-34-21-3-1-2-17(12-21)13-23-24(30)27(25(31)35-23)14-22(29)18-6-10-20(11-7-18)28(32)33/h1-13H,14-15H2/b23-13+. The number of nitro groups is 1. The first-order valence-electron chi connectivity index (χ1n) is 10.3. The van der Waals surface area contributed by atoms with E-state index < -0.39 is 28.4 Å². The molecule has 176 valence electrons. The number of non-ortho nitro benzene ring substituents is 1. The predicted octanol–water partition coefficient (Wildman–Crippen LogP) is 5.75. The van der Waals surface area contributed by atoms with Gasteiger partial charge in [0.1, 0.15) is 12.4 Å². The van der Waals surface area contributed by atoms with Gasteiger partial charge in [-0.25, -0.2) is 0 Å². The zero-order valence-electron chi connectivity index (χ0n) is 18.0. The number of nitro benzene ring substituents is 1. The summed E-state index contributed by atoms with van der Waals surface area (Å²) in [4.78, 5) is 48.9. The number of Topliss-reactive ketones (excluding diaryl/α,β-unsaturated/α-hetero) is 1. The molecule has 0 spiro atoms. The van der Waals surface area contributed by atoms with Crippen molar-refractivity contribution in [3.05, 3.63) is 110 Å². The van der Waals surface area contributed by atoms with Gasteiger partial charge in [0, 0.05) is 22.7 Å². The molecule has 0 radical (unpaired) electrons. The molecule has 8 nitrogen and oxygen atoms in total. The third-order valence-electron chi connectivity index (χ3n) is 5.05. The molecule has 1 saturated heterocycles. The highest BCUT2D eigenvalue weighted by Crippen LogP contribution is 2.33. The average Bonchev–Trinajstić information content (AvgIpc) is 3.11. The van der Waals surface area contributed by atoms with Crippen molar-refractivity contribution in [2.24, 2.45) is 0 Å². The molecule has 0 unspecified atom stereocenters. The summed E-state index contributed by atoms with van der Waals surface area (Å²) in [5.74, 6) is -0.495. The lowest BCUT2D eigenvalue weighted by molar-refractivity contribution is -0.384. The summed E-state index contributed by atoms with van der Waals surface area (Å²) in [7, 11) is 0. The van der Waals surface area contributed by atoms with Crippen LogP contribution in [0.25, 0.3) is 6.08 Å². The molecule has 1 heterocycles. The molecule has 0 aromatic heterocycles. The van der Waals surface area contributed by atoms with E-state index in [0.717, 1.165) is 22.2 Å². The number of hydrogen-bond donors (Lipinski definition) is 0. The molecule has 2 amide bonds. The van der Waals surface area contributed by atoms with Crippen molar-refractivity contribution in [1.29, 1.82) is 0 Å². The van der Waals surface area contributed by atoms with Crippen molar-refractivity contribution in [3.8, 4) is 5.75 Å². The molecule has 1 aliphatic heterocycles. The van der Waals surface area contributed by atoms with Gasteiger partial charge in [0.2, 0.25) is 0 Å². The molecule has 0 N–H and O–H groups in total. The molecule has 35 heavy (non-hydrogen) atoms.